The highest BCUT2D eigenvalue weighted by Crippen LogP contribution is 2.46. The van der Waals surface area contributed by atoms with Crippen molar-refractivity contribution < 1.29 is 4.74 Å². The summed E-state index contributed by atoms with van der Waals surface area (Å²) in [5, 5.41) is 0.748. The minimum absolute atomic E-state index is 0.331. The Morgan fingerprint density at radius 3 is 2.26 bits per heavy atom. The monoisotopic (exact) mass is 320 g/mol. The summed E-state index contributed by atoms with van der Waals surface area (Å²) in [6.45, 7) is 4.23. The van der Waals surface area contributed by atoms with E-state index in [1.54, 1.807) is 0 Å². The van der Waals surface area contributed by atoms with Crippen LogP contribution in [0.4, 0.5) is 0 Å². The van der Waals surface area contributed by atoms with Crippen LogP contribution in [0.3, 0.4) is 0 Å². The predicted molar refractivity (Wildman–Crippen MR) is 96.0 cm³/mol. The molecule has 23 heavy (non-hydrogen) atoms. The Morgan fingerprint density at radius 1 is 0.783 bits per heavy atom. The quantitative estimate of drug-likeness (QED) is 0.511. The van der Waals surface area contributed by atoms with Gasteiger partial charge in [-0.1, -0.05) is 60.1 Å². The van der Waals surface area contributed by atoms with E-state index in [1.807, 2.05) is 24.3 Å². The normalized spacial score (nSPS) is 14.6. The number of ether oxygens (including phenoxy) is 1. The third-order valence-corrected chi connectivity index (χ3v) is 4.64. The van der Waals surface area contributed by atoms with Crippen molar-refractivity contribution in [2.45, 2.75) is 19.4 Å². The first-order valence-electron chi connectivity index (χ1n) is 7.73. The standard InChI is InChI=1S/C21H17ClO/c1-21(2)19-6-4-3-5-17(19)18-12-9-15(13-20(18)23-21)14-7-10-16(22)11-8-14/h3-13H,1-2H3. The van der Waals surface area contributed by atoms with E-state index in [0.717, 1.165) is 27.5 Å². The first-order chi connectivity index (χ1) is 11.0. The molecule has 0 radical (unpaired) electrons. The van der Waals surface area contributed by atoms with Gasteiger partial charge in [-0.3, -0.25) is 0 Å². The number of rotatable bonds is 1. The van der Waals surface area contributed by atoms with E-state index in [9.17, 15) is 0 Å². The summed E-state index contributed by atoms with van der Waals surface area (Å²) in [6.07, 6.45) is 0. The average molecular weight is 321 g/mol. The summed E-state index contributed by atoms with van der Waals surface area (Å²) in [4.78, 5) is 0. The number of benzene rings is 3. The molecule has 3 aromatic rings. The summed E-state index contributed by atoms with van der Waals surface area (Å²) >= 11 is 5.98. The molecule has 0 saturated carbocycles. The van der Waals surface area contributed by atoms with Crippen LogP contribution in [0, 0.1) is 0 Å². The van der Waals surface area contributed by atoms with E-state index >= 15 is 0 Å². The van der Waals surface area contributed by atoms with Crippen LogP contribution in [0.5, 0.6) is 5.75 Å². The molecule has 0 amide bonds. The van der Waals surface area contributed by atoms with Crippen molar-refractivity contribution in [3.63, 3.8) is 0 Å². The van der Waals surface area contributed by atoms with E-state index in [2.05, 4.69) is 56.3 Å². The maximum absolute atomic E-state index is 6.31. The molecule has 0 fully saturated rings. The number of hydrogen-bond donors (Lipinski definition) is 0. The van der Waals surface area contributed by atoms with E-state index in [0.29, 0.717) is 0 Å². The topological polar surface area (TPSA) is 9.23 Å². The summed E-state index contributed by atoms with van der Waals surface area (Å²) < 4.78 is 6.31. The van der Waals surface area contributed by atoms with Crippen LogP contribution in [-0.2, 0) is 5.60 Å². The van der Waals surface area contributed by atoms with Gasteiger partial charge in [0.2, 0.25) is 0 Å². The number of halogens is 1. The number of hydrogen-bond acceptors (Lipinski definition) is 1. The van der Waals surface area contributed by atoms with Crippen LogP contribution >= 0.6 is 11.6 Å². The van der Waals surface area contributed by atoms with Crippen molar-refractivity contribution in [1.29, 1.82) is 0 Å². The van der Waals surface area contributed by atoms with E-state index in [-0.39, 0.29) is 5.60 Å². The lowest BCUT2D eigenvalue weighted by atomic mass is 9.85. The molecule has 0 atom stereocenters. The molecule has 0 N–H and O–H groups in total. The van der Waals surface area contributed by atoms with Gasteiger partial charge in [-0.2, -0.15) is 0 Å². The van der Waals surface area contributed by atoms with Gasteiger partial charge >= 0.3 is 0 Å². The second-order valence-electron chi connectivity index (χ2n) is 6.38. The molecule has 0 unspecified atom stereocenters. The lowest BCUT2D eigenvalue weighted by Gasteiger charge is -2.35. The largest absolute Gasteiger partial charge is 0.482 e. The first-order valence-corrected chi connectivity index (χ1v) is 8.11. The van der Waals surface area contributed by atoms with Crippen LogP contribution in [0.1, 0.15) is 19.4 Å². The van der Waals surface area contributed by atoms with Gasteiger partial charge in [0, 0.05) is 16.1 Å². The van der Waals surface area contributed by atoms with E-state index in [4.69, 9.17) is 16.3 Å². The van der Waals surface area contributed by atoms with Gasteiger partial charge in [-0.25, -0.2) is 0 Å². The molecule has 1 aliphatic rings. The highest BCUT2D eigenvalue weighted by molar-refractivity contribution is 6.30. The molecule has 114 valence electrons. The minimum Gasteiger partial charge on any atom is -0.482 e. The second-order valence-corrected chi connectivity index (χ2v) is 6.81. The van der Waals surface area contributed by atoms with Crippen LogP contribution in [0.15, 0.2) is 66.7 Å². The van der Waals surface area contributed by atoms with Crippen molar-refractivity contribution in [3.05, 3.63) is 77.3 Å². The van der Waals surface area contributed by atoms with Crippen molar-refractivity contribution in [1.82, 2.24) is 0 Å². The molecule has 1 heterocycles. The molecule has 1 aliphatic heterocycles. The Morgan fingerprint density at radius 2 is 1.48 bits per heavy atom. The van der Waals surface area contributed by atoms with Crippen LogP contribution in [0.25, 0.3) is 22.3 Å². The zero-order valence-corrected chi connectivity index (χ0v) is 13.9. The Labute approximate surface area is 141 Å². The Bertz CT molecular complexity index is 879. The molecular weight excluding hydrogens is 304 g/mol. The molecular formula is C21H17ClO. The van der Waals surface area contributed by atoms with Crippen LogP contribution in [-0.4, -0.2) is 0 Å². The SMILES string of the molecule is CC1(C)Oc2cc(-c3ccc(Cl)cc3)ccc2-c2ccccc21. The van der Waals surface area contributed by atoms with E-state index < -0.39 is 0 Å². The highest BCUT2D eigenvalue weighted by Gasteiger charge is 2.32. The summed E-state index contributed by atoms with van der Waals surface area (Å²) in [7, 11) is 0. The van der Waals surface area contributed by atoms with Crippen molar-refractivity contribution in [2.24, 2.45) is 0 Å². The molecule has 0 spiro atoms. The average Bonchev–Trinajstić information content (AvgIpc) is 2.55. The third kappa shape index (κ3) is 2.42. The number of fused-ring (bicyclic) bond motifs is 3. The van der Waals surface area contributed by atoms with E-state index in [1.165, 1.54) is 11.1 Å². The fourth-order valence-electron chi connectivity index (χ4n) is 3.22. The van der Waals surface area contributed by atoms with Gasteiger partial charge < -0.3 is 4.74 Å². The van der Waals surface area contributed by atoms with Crippen molar-refractivity contribution >= 4 is 11.6 Å². The Balaban J connectivity index is 1.87. The highest BCUT2D eigenvalue weighted by atomic mass is 35.5. The minimum atomic E-state index is -0.331. The maximum Gasteiger partial charge on any atom is 0.129 e. The zero-order chi connectivity index (χ0) is 16.0. The van der Waals surface area contributed by atoms with Crippen LogP contribution < -0.4 is 4.74 Å². The molecule has 1 nitrogen and oxygen atoms in total. The molecule has 2 heteroatoms. The van der Waals surface area contributed by atoms with Crippen LogP contribution in [0.2, 0.25) is 5.02 Å². The van der Waals surface area contributed by atoms with Crippen molar-refractivity contribution in [2.75, 3.05) is 0 Å². The smallest absolute Gasteiger partial charge is 0.129 e. The molecule has 0 bridgehead atoms. The molecule has 3 aromatic carbocycles. The van der Waals surface area contributed by atoms with Gasteiger partial charge in [-0.15, -0.1) is 0 Å². The summed E-state index contributed by atoms with van der Waals surface area (Å²) in [5.74, 6) is 0.932. The first kappa shape index (κ1) is 14.3. The second kappa shape index (κ2) is 5.14. The summed E-state index contributed by atoms with van der Waals surface area (Å²) in [5.41, 5.74) is 5.57. The Kier molecular flexibility index (Phi) is 3.21. The van der Waals surface area contributed by atoms with Gasteiger partial charge in [0.15, 0.2) is 0 Å². The lowest BCUT2D eigenvalue weighted by molar-refractivity contribution is 0.106. The van der Waals surface area contributed by atoms with Gasteiger partial charge in [0.1, 0.15) is 11.4 Å². The fourth-order valence-corrected chi connectivity index (χ4v) is 3.35. The Hall–Kier alpha value is -2.25. The summed E-state index contributed by atoms with van der Waals surface area (Å²) in [6, 6.07) is 22.8. The fraction of sp³-hybridized carbons (Fsp3) is 0.143. The van der Waals surface area contributed by atoms with Crippen molar-refractivity contribution in [3.8, 4) is 28.0 Å². The predicted octanol–water partition coefficient (Wildman–Crippen LogP) is 6.30. The third-order valence-electron chi connectivity index (χ3n) is 4.39. The molecule has 4 rings (SSSR count). The maximum atomic E-state index is 6.31. The molecule has 0 aliphatic carbocycles. The zero-order valence-electron chi connectivity index (χ0n) is 13.1. The lowest BCUT2D eigenvalue weighted by Crippen LogP contribution is -2.29. The van der Waals surface area contributed by atoms with Gasteiger partial charge in [0.05, 0.1) is 0 Å². The van der Waals surface area contributed by atoms with Gasteiger partial charge in [0.25, 0.3) is 0 Å². The van der Waals surface area contributed by atoms with Gasteiger partial charge in [-0.05, 0) is 48.7 Å². The molecule has 0 saturated heterocycles. The molecule has 0 aromatic heterocycles.